The number of nitrogens with one attached hydrogen (secondary N) is 2. The van der Waals surface area contributed by atoms with Crippen LogP contribution in [0.25, 0.3) is 0 Å². The Morgan fingerprint density at radius 1 is 1.29 bits per heavy atom. The van der Waals surface area contributed by atoms with Crippen LogP contribution in [0.3, 0.4) is 0 Å². The molecule has 1 fully saturated rings. The summed E-state index contributed by atoms with van der Waals surface area (Å²) in [6.07, 6.45) is -3.10. The number of H-pyrrole nitrogens is 1. The van der Waals surface area contributed by atoms with Crippen LogP contribution in [0, 0.1) is 0 Å². The van der Waals surface area contributed by atoms with Crippen molar-refractivity contribution in [1.29, 1.82) is 0 Å². The molecule has 11 heteroatoms. The standard InChI is InChI=1S/C17H23F3N4O4/c1-2-28-15(26)4-3-14(25)24-7-5-11(6-8-24)12-9-13(23-22-12)16(27)21-10-17(18,19)20/h9,11H,2-8,10H2,1H3,(H,21,27)(H,22,23). The fraction of sp³-hybridized carbons (Fsp3) is 0.647. The van der Waals surface area contributed by atoms with Crippen LogP contribution in [-0.2, 0) is 14.3 Å². The van der Waals surface area contributed by atoms with Crippen LogP contribution in [-0.4, -0.2) is 65.3 Å². The Morgan fingerprint density at radius 3 is 2.57 bits per heavy atom. The maximum absolute atomic E-state index is 12.2. The Labute approximate surface area is 159 Å². The van der Waals surface area contributed by atoms with Crippen LogP contribution in [0.1, 0.15) is 54.7 Å². The van der Waals surface area contributed by atoms with Crippen molar-refractivity contribution in [2.75, 3.05) is 26.2 Å². The first-order chi connectivity index (χ1) is 13.2. The molecule has 1 aromatic rings. The molecule has 156 valence electrons. The van der Waals surface area contributed by atoms with Gasteiger partial charge in [0.25, 0.3) is 5.91 Å². The minimum Gasteiger partial charge on any atom is -0.466 e. The average Bonchev–Trinajstić information content (AvgIpc) is 3.14. The van der Waals surface area contributed by atoms with Crippen LogP contribution in [0.4, 0.5) is 13.2 Å². The van der Waals surface area contributed by atoms with E-state index in [9.17, 15) is 27.6 Å². The first-order valence-electron chi connectivity index (χ1n) is 9.03. The number of amides is 2. The predicted octanol–water partition coefficient (Wildman–Crippen LogP) is 1.75. The Kier molecular flexibility index (Phi) is 7.41. The molecule has 2 rings (SSSR count). The third-order valence-corrected chi connectivity index (χ3v) is 4.42. The Bertz CT molecular complexity index is 697. The molecule has 0 aromatic carbocycles. The van der Waals surface area contributed by atoms with Gasteiger partial charge in [0.1, 0.15) is 12.2 Å². The highest BCUT2D eigenvalue weighted by atomic mass is 19.4. The van der Waals surface area contributed by atoms with E-state index < -0.39 is 24.6 Å². The average molecular weight is 404 g/mol. The second kappa shape index (κ2) is 9.56. The minimum atomic E-state index is -4.48. The number of ether oxygens (including phenoxy) is 1. The maximum Gasteiger partial charge on any atom is 0.405 e. The summed E-state index contributed by atoms with van der Waals surface area (Å²) in [4.78, 5) is 36.9. The smallest absolute Gasteiger partial charge is 0.405 e. The van der Waals surface area contributed by atoms with Crippen molar-refractivity contribution < 1.29 is 32.3 Å². The summed E-state index contributed by atoms with van der Waals surface area (Å²) in [5.41, 5.74) is 0.544. The SMILES string of the molecule is CCOC(=O)CCC(=O)N1CCC(c2cc(C(=O)NCC(F)(F)F)n[nH]2)CC1. The number of halogens is 3. The van der Waals surface area contributed by atoms with Crippen molar-refractivity contribution in [3.05, 3.63) is 17.5 Å². The molecule has 2 amide bonds. The fourth-order valence-corrected chi connectivity index (χ4v) is 2.97. The van der Waals surface area contributed by atoms with E-state index in [0.717, 1.165) is 0 Å². The van der Waals surface area contributed by atoms with Crippen molar-refractivity contribution in [3.63, 3.8) is 0 Å². The third kappa shape index (κ3) is 6.54. The second-order valence-corrected chi connectivity index (χ2v) is 6.47. The van der Waals surface area contributed by atoms with Crippen molar-refractivity contribution in [2.45, 2.75) is 44.7 Å². The van der Waals surface area contributed by atoms with Crippen LogP contribution in [0.2, 0.25) is 0 Å². The highest BCUT2D eigenvalue weighted by Gasteiger charge is 2.29. The summed E-state index contributed by atoms with van der Waals surface area (Å²) in [5.74, 6) is -1.40. The van der Waals surface area contributed by atoms with Gasteiger partial charge in [-0.05, 0) is 25.8 Å². The number of esters is 1. The molecule has 1 saturated heterocycles. The topological polar surface area (TPSA) is 104 Å². The molecule has 1 aromatic heterocycles. The number of hydrogen-bond acceptors (Lipinski definition) is 5. The lowest BCUT2D eigenvalue weighted by molar-refractivity contribution is -0.145. The van der Waals surface area contributed by atoms with Gasteiger partial charge in [0, 0.05) is 31.1 Å². The van der Waals surface area contributed by atoms with Gasteiger partial charge in [-0.2, -0.15) is 18.3 Å². The van der Waals surface area contributed by atoms with E-state index in [4.69, 9.17) is 4.74 Å². The number of aromatic amines is 1. The van der Waals surface area contributed by atoms with Gasteiger partial charge < -0.3 is 15.0 Å². The minimum absolute atomic E-state index is 0.0192. The molecular weight excluding hydrogens is 381 g/mol. The highest BCUT2D eigenvalue weighted by molar-refractivity contribution is 5.92. The molecule has 2 N–H and O–H groups in total. The fourth-order valence-electron chi connectivity index (χ4n) is 2.97. The molecule has 2 heterocycles. The number of hydrogen-bond donors (Lipinski definition) is 2. The molecule has 0 atom stereocenters. The van der Waals surface area contributed by atoms with Gasteiger partial charge in [-0.25, -0.2) is 0 Å². The molecule has 0 saturated carbocycles. The van der Waals surface area contributed by atoms with Crippen molar-refractivity contribution >= 4 is 17.8 Å². The Balaban J connectivity index is 1.80. The zero-order valence-electron chi connectivity index (χ0n) is 15.5. The lowest BCUT2D eigenvalue weighted by Crippen LogP contribution is -2.38. The zero-order valence-corrected chi connectivity index (χ0v) is 15.5. The van der Waals surface area contributed by atoms with Crippen LogP contribution >= 0.6 is 0 Å². The predicted molar refractivity (Wildman–Crippen MR) is 91.4 cm³/mol. The van der Waals surface area contributed by atoms with Crippen LogP contribution in [0.15, 0.2) is 6.07 Å². The van der Waals surface area contributed by atoms with E-state index in [-0.39, 0.29) is 37.0 Å². The number of piperidine rings is 1. The van der Waals surface area contributed by atoms with Crippen molar-refractivity contribution in [3.8, 4) is 0 Å². The zero-order chi connectivity index (χ0) is 20.7. The molecule has 1 aliphatic rings. The molecule has 0 radical (unpaired) electrons. The van der Waals surface area contributed by atoms with E-state index in [1.54, 1.807) is 17.1 Å². The van der Waals surface area contributed by atoms with Gasteiger partial charge in [0.15, 0.2) is 0 Å². The van der Waals surface area contributed by atoms with Gasteiger partial charge in [-0.3, -0.25) is 19.5 Å². The summed E-state index contributed by atoms with van der Waals surface area (Å²) in [6.45, 7) is 1.53. The Hall–Kier alpha value is -2.59. The second-order valence-electron chi connectivity index (χ2n) is 6.47. The summed E-state index contributed by atoms with van der Waals surface area (Å²) in [5, 5.41) is 8.24. The number of rotatable bonds is 7. The normalized spacial score (nSPS) is 15.4. The van der Waals surface area contributed by atoms with Gasteiger partial charge in [0.2, 0.25) is 5.91 Å². The van der Waals surface area contributed by atoms with Crippen LogP contribution < -0.4 is 5.32 Å². The molecule has 0 bridgehead atoms. The Morgan fingerprint density at radius 2 is 1.96 bits per heavy atom. The number of likely N-dealkylation sites (tertiary alicyclic amines) is 1. The van der Waals surface area contributed by atoms with E-state index in [1.165, 1.54) is 6.07 Å². The number of carbonyl (C=O) groups excluding carboxylic acids is 3. The summed E-state index contributed by atoms with van der Waals surface area (Å²) in [6, 6.07) is 1.44. The van der Waals surface area contributed by atoms with E-state index in [2.05, 4.69) is 10.2 Å². The summed E-state index contributed by atoms with van der Waals surface area (Å²) in [7, 11) is 0. The number of nitrogens with zero attached hydrogens (tertiary/aromatic N) is 2. The summed E-state index contributed by atoms with van der Waals surface area (Å²) < 4.78 is 41.3. The van der Waals surface area contributed by atoms with E-state index in [1.807, 2.05) is 0 Å². The molecule has 8 nitrogen and oxygen atoms in total. The third-order valence-electron chi connectivity index (χ3n) is 4.42. The van der Waals surface area contributed by atoms with Gasteiger partial charge in [-0.15, -0.1) is 0 Å². The lowest BCUT2D eigenvalue weighted by Gasteiger charge is -2.31. The summed E-state index contributed by atoms with van der Waals surface area (Å²) >= 11 is 0. The highest BCUT2D eigenvalue weighted by Crippen LogP contribution is 2.27. The molecular formula is C17H23F3N4O4. The van der Waals surface area contributed by atoms with Gasteiger partial charge in [-0.1, -0.05) is 0 Å². The maximum atomic E-state index is 12.2. The number of carbonyl (C=O) groups is 3. The largest absolute Gasteiger partial charge is 0.466 e. The number of aromatic nitrogens is 2. The molecule has 0 aliphatic carbocycles. The lowest BCUT2D eigenvalue weighted by atomic mass is 9.93. The molecule has 1 aliphatic heterocycles. The van der Waals surface area contributed by atoms with Crippen LogP contribution in [0.5, 0.6) is 0 Å². The molecule has 28 heavy (non-hydrogen) atoms. The first-order valence-corrected chi connectivity index (χ1v) is 9.03. The van der Waals surface area contributed by atoms with Gasteiger partial charge in [0.05, 0.1) is 13.0 Å². The van der Waals surface area contributed by atoms with Gasteiger partial charge >= 0.3 is 12.1 Å². The van der Waals surface area contributed by atoms with Crippen molar-refractivity contribution in [1.82, 2.24) is 20.4 Å². The van der Waals surface area contributed by atoms with Crippen molar-refractivity contribution in [2.24, 2.45) is 0 Å². The first kappa shape index (κ1) is 21.7. The molecule has 0 spiro atoms. The van der Waals surface area contributed by atoms with E-state index in [0.29, 0.717) is 31.6 Å². The number of alkyl halides is 3. The monoisotopic (exact) mass is 404 g/mol. The van der Waals surface area contributed by atoms with E-state index >= 15 is 0 Å². The molecule has 0 unspecified atom stereocenters. The quantitative estimate of drug-likeness (QED) is 0.674.